The lowest BCUT2D eigenvalue weighted by Crippen LogP contribution is -2.11. The van der Waals surface area contributed by atoms with Crippen LogP contribution in [0.1, 0.15) is 42.9 Å². The second-order valence-corrected chi connectivity index (χ2v) is 3.75. The highest BCUT2D eigenvalue weighted by Gasteiger charge is 2.19. The van der Waals surface area contributed by atoms with Gasteiger partial charge in [0.15, 0.2) is 0 Å². The molecule has 0 aliphatic carbocycles. The molecule has 0 aliphatic heterocycles. The summed E-state index contributed by atoms with van der Waals surface area (Å²) in [6, 6.07) is 5.69. The summed E-state index contributed by atoms with van der Waals surface area (Å²) >= 11 is 0. The molecule has 1 aromatic rings. The van der Waals surface area contributed by atoms with Gasteiger partial charge in [-0.05, 0) is 43.5 Å². The Morgan fingerprint density at radius 2 is 2.19 bits per heavy atom. The maximum atomic E-state index is 11.1. The Labute approximate surface area is 96.3 Å². The lowest BCUT2D eigenvalue weighted by molar-refractivity contribution is -0.138. The Hall–Kier alpha value is -1.75. The molecule has 0 amide bonds. The average molecular weight is 216 g/mol. The van der Waals surface area contributed by atoms with Crippen LogP contribution in [0.15, 0.2) is 18.2 Å². The molecule has 2 heteroatoms. The second kappa shape index (κ2) is 5.37. The van der Waals surface area contributed by atoms with E-state index in [9.17, 15) is 4.79 Å². The molecule has 0 radical (unpaired) electrons. The molecule has 0 fully saturated rings. The number of rotatable bonds is 3. The minimum absolute atomic E-state index is 0.413. The van der Waals surface area contributed by atoms with E-state index in [-0.39, 0.29) is 0 Å². The minimum atomic E-state index is -0.764. The van der Waals surface area contributed by atoms with E-state index < -0.39 is 11.9 Å². The number of aliphatic carboxylic acids is 1. The van der Waals surface area contributed by atoms with Gasteiger partial charge in [0.1, 0.15) is 0 Å². The van der Waals surface area contributed by atoms with Crippen LogP contribution in [0.4, 0.5) is 0 Å². The van der Waals surface area contributed by atoms with Crippen LogP contribution in [-0.4, -0.2) is 11.1 Å². The molecule has 0 heterocycles. The molecular weight excluding hydrogens is 200 g/mol. The van der Waals surface area contributed by atoms with Crippen molar-refractivity contribution in [1.82, 2.24) is 0 Å². The predicted molar refractivity (Wildman–Crippen MR) is 64.4 cm³/mol. The van der Waals surface area contributed by atoms with Gasteiger partial charge in [-0.15, -0.1) is 5.92 Å². The molecule has 2 nitrogen and oxygen atoms in total. The van der Waals surface area contributed by atoms with E-state index in [1.54, 1.807) is 6.92 Å². The van der Waals surface area contributed by atoms with Crippen LogP contribution in [0.3, 0.4) is 0 Å². The number of carboxylic acids is 1. The Bertz CT molecular complexity index is 450. The predicted octanol–water partition coefficient (Wildman–Crippen LogP) is 2.94. The van der Waals surface area contributed by atoms with Crippen LogP contribution in [0, 0.1) is 18.8 Å². The molecule has 0 spiro atoms. The minimum Gasteiger partial charge on any atom is -0.481 e. The first-order valence-corrected chi connectivity index (χ1v) is 5.36. The highest BCUT2D eigenvalue weighted by atomic mass is 16.4. The van der Waals surface area contributed by atoms with Gasteiger partial charge in [-0.1, -0.05) is 18.9 Å². The summed E-state index contributed by atoms with van der Waals surface area (Å²) in [7, 11) is 0. The molecule has 0 aliphatic rings. The van der Waals surface area contributed by atoms with Crippen molar-refractivity contribution >= 4 is 5.97 Å². The van der Waals surface area contributed by atoms with Crippen LogP contribution >= 0.6 is 0 Å². The Morgan fingerprint density at radius 3 is 2.62 bits per heavy atom. The van der Waals surface area contributed by atoms with Gasteiger partial charge in [-0.2, -0.15) is 0 Å². The second-order valence-electron chi connectivity index (χ2n) is 3.75. The fraction of sp³-hybridized carbons (Fsp3) is 0.357. The highest BCUT2D eigenvalue weighted by molar-refractivity contribution is 5.76. The van der Waals surface area contributed by atoms with Gasteiger partial charge < -0.3 is 5.11 Å². The molecule has 16 heavy (non-hydrogen) atoms. The molecular formula is C14H16O2. The molecule has 0 saturated heterocycles. The van der Waals surface area contributed by atoms with Crippen molar-refractivity contribution in [3.05, 3.63) is 34.9 Å². The van der Waals surface area contributed by atoms with Crippen molar-refractivity contribution < 1.29 is 9.90 Å². The van der Waals surface area contributed by atoms with Crippen LogP contribution in [0.2, 0.25) is 0 Å². The largest absolute Gasteiger partial charge is 0.481 e. The fourth-order valence-electron chi connectivity index (χ4n) is 1.82. The highest BCUT2D eigenvalue weighted by Crippen LogP contribution is 2.24. The normalized spacial score (nSPS) is 11.4. The van der Waals surface area contributed by atoms with Gasteiger partial charge in [0.05, 0.1) is 5.92 Å². The standard InChI is InChI=1S/C14H16O2/c1-4-6-11-7-8-13(10(3)9-11)12(5-2)14(15)16/h7-9,12H,5H2,1-3H3,(H,15,16). The molecule has 1 atom stereocenters. The van der Waals surface area contributed by atoms with Gasteiger partial charge >= 0.3 is 5.97 Å². The molecule has 1 unspecified atom stereocenters. The van der Waals surface area contributed by atoms with Gasteiger partial charge in [0.2, 0.25) is 0 Å². The number of carbonyl (C=O) groups is 1. The monoisotopic (exact) mass is 216 g/mol. The molecule has 84 valence electrons. The van der Waals surface area contributed by atoms with Gasteiger partial charge in [-0.3, -0.25) is 4.79 Å². The number of aryl methyl sites for hydroxylation is 1. The fourth-order valence-corrected chi connectivity index (χ4v) is 1.82. The lowest BCUT2D eigenvalue weighted by Gasteiger charge is -2.13. The first-order chi connectivity index (χ1) is 7.60. The summed E-state index contributed by atoms with van der Waals surface area (Å²) in [5.41, 5.74) is 2.81. The third-order valence-electron chi connectivity index (χ3n) is 2.62. The zero-order chi connectivity index (χ0) is 12.1. The Morgan fingerprint density at radius 1 is 1.50 bits per heavy atom. The SMILES string of the molecule is CC#Cc1ccc(C(CC)C(=O)O)c(C)c1. The van der Waals surface area contributed by atoms with Crippen molar-refractivity contribution in [3.63, 3.8) is 0 Å². The maximum absolute atomic E-state index is 11.1. The summed E-state index contributed by atoms with van der Waals surface area (Å²) < 4.78 is 0. The first kappa shape index (κ1) is 12.3. The third kappa shape index (κ3) is 2.64. The molecule has 0 bridgehead atoms. The maximum Gasteiger partial charge on any atom is 0.310 e. The van der Waals surface area contributed by atoms with E-state index in [4.69, 9.17) is 5.11 Å². The summed E-state index contributed by atoms with van der Waals surface area (Å²) in [5, 5.41) is 9.10. The van der Waals surface area contributed by atoms with Crippen molar-refractivity contribution in [2.75, 3.05) is 0 Å². The molecule has 0 aromatic heterocycles. The van der Waals surface area contributed by atoms with Crippen LogP contribution in [0.5, 0.6) is 0 Å². The molecule has 0 saturated carbocycles. The summed E-state index contributed by atoms with van der Waals surface area (Å²) in [6.45, 7) is 5.61. The van der Waals surface area contributed by atoms with Crippen LogP contribution < -0.4 is 0 Å². The van der Waals surface area contributed by atoms with Gasteiger partial charge in [0, 0.05) is 5.56 Å². The van der Waals surface area contributed by atoms with E-state index in [1.807, 2.05) is 32.0 Å². The Balaban J connectivity index is 3.14. The number of carboxylic acid groups (broad SMARTS) is 1. The van der Waals surface area contributed by atoms with Gasteiger partial charge in [0.25, 0.3) is 0 Å². The number of benzene rings is 1. The van der Waals surface area contributed by atoms with E-state index >= 15 is 0 Å². The third-order valence-corrected chi connectivity index (χ3v) is 2.62. The van der Waals surface area contributed by atoms with Crippen molar-refractivity contribution in [2.45, 2.75) is 33.1 Å². The molecule has 1 N–H and O–H groups in total. The first-order valence-electron chi connectivity index (χ1n) is 5.36. The molecule has 1 aromatic carbocycles. The average Bonchev–Trinajstić information content (AvgIpc) is 2.22. The van der Waals surface area contributed by atoms with Crippen molar-refractivity contribution in [3.8, 4) is 11.8 Å². The smallest absolute Gasteiger partial charge is 0.310 e. The lowest BCUT2D eigenvalue weighted by atomic mass is 9.91. The zero-order valence-corrected chi connectivity index (χ0v) is 9.87. The summed E-state index contributed by atoms with van der Waals surface area (Å²) in [5.74, 6) is 4.62. The van der Waals surface area contributed by atoms with E-state index in [0.717, 1.165) is 16.7 Å². The summed E-state index contributed by atoms with van der Waals surface area (Å²) in [6.07, 6.45) is 0.606. The number of hydrogen-bond acceptors (Lipinski definition) is 1. The van der Waals surface area contributed by atoms with E-state index in [2.05, 4.69) is 11.8 Å². The number of hydrogen-bond donors (Lipinski definition) is 1. The molecule has 1 rings (SSSR count). The summed E-state index contributed by atoms with van der Waals surface area (Å²) in [4.78, 5) is 11.1. The van der Waals surface area contributed by atoms with Crippen LogP contribution in [-0.2, 0) is 4.79 Å². The Kier molecular flexibility index (Phi) is 4.13. The van der Waals surface area contributed by atoms with Crippen molar-refractivity contribution in [1.29, 1.82) is 0 Å². The van der Waals surface area contributed by atoms with Crippen LogP contribution in [0.25, 0.3) is 0 Å². The topological polar surface area (TPSA) is 37.3 Å². The van der Waals surface area contributed by atoms with Crippen molar-refractivity contribution in [2.24, 2.45) is 0 Å². The zero-order valence-electron chi connectivity index (χ0n) is 9.87. The quantitative estimate of drug-likeness (QED) is 0.789. The van der Waals surface area contributed by atoms with Gasteiger partial charge in [-0.25, -0.2) is 0 Å². The van der Waals surface area contributed by atoms with E-state index in [0.29, 0.717) is 6.42 Å². The van der Waals surface area contributed by atoms with E-state index in [1.165, 1.54) is 0 Å².